The molecule has 3 rings (SSSR count). The molecule has 2 aliphatic rings. The van der Waals surface area contributed by atoms with Crippen molar-refractivity contribution in [1.82, 2.24) is 4.98 Å². The Bertz CT molecular complexity index is 1320. The highest BCUT2D eigenvalue weighted by atomic mass is 16.6. The number of cyclic esters (lactones) is 1. The second kappa shape index (κ2) is 17.0. The lowest BCUT2D eigenvalue weighted by atomic mass is 9.85. The van der Waals surface area contributed by atoms with Crippen LogP contribution in [0.3, 0.4) is 0 Å². The maximum atomic E-state index is 13.1. The number of aromatic nitrogens is 1. The molecular weight excluding hydrogens is 590 g/mol. The smallest absolute Gasteiger partial charge is 0.330 e. The van der Waals surface area contributed by atoms with E-state index in [0.29, 0.717) is 18.7 Å². The van der Waals surface area contributed by atoms with E-state index in [4.69, 9.17) is 23.4 Å². The van der Waals surface area contributed by atoms with Crippen molar-refractivity contribution in [3.8, 4) is 0 Å². The Balaban J connectivity index is 1.82. The molecule has 9 atom stereocenters. The molecule has 0 aliphatic carbocycles. The first-order valence-electron chi connectivity index (χ1n) is 15.9. The minimum atomic E-state index is -0.932. The van der Waals surface area contributed by atoms with E-state index in [1.165, 1.54) is 13.2 Å². The van der Waals surface area contributed by atoms with Crippen molar-refractivity contribution in [3.63, 3.8) is 0 Å². The Morgan fingerprint density at radius 2 is 1.96 bits per heavy atom. The second-order valence-electron chi connectivity index (χ2n) is 12.7. The second-order valence-corrected chi connectivity index (χ2v) is 12.7. The third-order valence-electron chi connectivity index (χ3n) is 8.95. The van der Waals surface area contributed by atoms with Crippen molar-refractivity contribution in [2.24, 2.45) is 17.8 Å². The maximum Gasteiger partial charge on any atom is 0.330 e. The number of aryl methyl sites for hydroxylation is 1. The summed E-state index contributed by atoms with van der Waals surface area (Å²) in [5, 5.41) is 22.2. The Hall–Kier alpha value is -3.31. The highest BCUT2D eigenvalue weighted by Crippen LogP contribution is 2.43. The van der Waals surface area contributed by atoms with Gasteiger partial charge in [-0.15, -0.1) is 0 Å². The summed E-state index contributed by atoms with van der Waals surface area (Å²) in [7, 11) is 2.94. The standard InChI is InChI=1S/C36H51NO9/c1-22(17-28-21-44-26(5)37-28)11-9-12-24(3)35(43-8)25(4)30-20-31(39)36(6)32(46-36)16-15-23(2)29(38)18-27(19-34(41)42-7)13-10-14-33(40)45-30/h9-12,14-17,21,23,25,27,29-32,35,38-39H,13,18-20H2,1-8H3/b11-9+,14-10+,16-15+,22-17+,24-12+/t23-,25+,27-,29-,30?,31+,32-,35+,36?/m1/s1. The molecule has 0 saturated carbocycles. The van der Waals surface area contributed by atoms with E-state index in [9.17, 15) is 19.8 Å². The molecule has 0 radical (unpaired) electrons. The number of nitrogens with zero attached hydrogens (tertiary/aromatic N) is 1. The Labute approximate surface area is 272 Å². The van der Waals surface area contributed by atoms with Crippen LogP contribution in [-0.2, 0) is 28.5 Å². The highest BCUT2D eigenvalue weighted by molar-refractivity contribution is 5.82. The van der Waals surface area contributed by atoms with Gasteiger partial charge in [0.15, 0.2) is 5.89 Å². The summed E-state index contributed by atoms with van der Waals surface area (Å²) in [6.07, 6.45) is 14.0. The number of allylic oxidation sites excluding steroid dienone is 5. The van der Waals surface area contributed by atoms with E-state index in [1.54, 1.807) is 26.4 Å². The fourth-order valence-corrected chi connectivity index (χ4v) is 5.83. The number of aliphatic hydroxyl groups excluding tert-OH is 2. The van der Waals surface area contributed by atoms with Gasteiger partial charge in [-0.2, -0.15) is 0 Å². The molecule has 2 aliphatic heterocycles. The molecule has 2 unspecified atom stereocenters. The summed E-state index contributed by atoms with van der Waals surface area (Å²) in [5.41, 5.74) is 1.78. The van der Waals surface area contributed by atoms with E-state index in [-0.39, 0.29) is 42.7 Å². The first kappa shape index (κ1) is 37.2. The minimum Gasteiger partial charge on any atom is -0.469 e. The van der Waals surface area contributed by atoms with Crippen LogP contribution >= 0.6 is 0 Å². The third-order valence-corrected chi connectivity index (χ3v) is 8.95. The fourth-order valence-electron chi connectivity index (χ4n) is 5.83. The van der Waals surface area contributed by atoms with Crippen molar-refractivity contribution in [2.75, 3.05) is 14.2 Å². The number of carbonyl (C=O) groups excluding carboxylic acids is 2. The minimum absolute atomic E-state index is 0.115. The lowest BCUT2D eigenvalue weighted by Gasteiger charge is -2.32. The SMILES string of the molecule is COC(=O)C[C@@H]1C/C=C/C(=O)OC([C@H](C)[C@@H](OC)/C(C)=C/C=C/C(C)=C/c2coc(C)n2)C[C@H](O)C2(C)O[C@@H]2/C=C/[C@@H](C)[C@H](O)C1. The summed E-state index contributed by atoms with van der Waals surface area (Å²) < 4.78 is 27.9. The summed E-state index contributed by atoms with van der Waals surface area (Å²) in [4.78, 5) is 29.4. The summed E-state index contributed by atoms with van der Waals surface area (Å²) >= 11 is 0. The number of rotatable bonds is 9. The van der Waals surface area contributed by atoms with E-state index in [1.807, 2.05) is 71.1 Å². The zero-order chi connectivity index (χ0) is 34.0. The number of carbonyl (C=O) groups is 2. The van der Waals surface area contributed by atoms with E-state index < -0.39 is 36.0 Å². The predicted molar refractivity (Wildman–Crippen MR) is 174 cm³/mol. The van der Waals surface area contributed by atoms with Crippen molar-refractivity contribution in [2.45, 2.75) is 103 Å². The third kappa shape index (κ3) is 10.6. The van der Waals surface area contributed by atoms with Crippen molar-refractivity contribution >= 4 is 18.0 Å². The number of ether oxygens (including phenoxy) is 4. The van der Waals surface area contributed by atoms with Crippen LogP contribution in [0.15, 0.2) is 64.4 Å². The average Bonchev–Trinajstić information content (AvgIpc) is 3.51. The summed E-state index contributed by atoms with van der Waals surface area (Å²) in [5.74, 6) is -1.11. The molecule has 254 valence electrons. The van der Waals surface area contributed by atoms with Gasteiger partial charge in [-0.25, -0.2) is 9.78 Å². The van der Waals surface area contributed by atoms with Gasteiger partial charge in [0.25, 0.3) is 0 Å². The van der Waals surface area contributed by atoms with E-state index in [0.717, 1.165) is 16.8 Å². The van der Waals surface area contributed by atoms with Crippen LogP contribution in [0.25, 0.3) is 6.08 Å². The van der Waals surface area contributed by atoms with Gasteiger partial charge >= 0.3 is 11.9 Å². The summed E-state index contributed by atoms with van der Waals surface area (Å²) in [6, 6.07) is 0. The number of hydrogen-bond acceptors (Lipinski definition) is 10. The number of fused-ring (bicyclic) bond motifs is 1. The van der Waals surface area contributed by atoms with Gasteiger partial charge in [0.2, 0.25) is 0 Å². The Morgan fingerprint density at radius 3 is 2.61 bits per heavy atom. The van der Waals surface area contributed by atoms with Crippen LogP contribution in [-0.4, -0.2) is 77.5 Å². The first-order chi connectivity index (χ1) is 21.8. The van der Waals surface area contributed by atoms with Crippen LogP contribution in [0.5, 0.6) is 0 Å². The lowest BCUT2D eigenvalue weighted by Crippen LogP contribution is -2.41. The topological polar surface area (TPSA) is 141 Å². The fraction of sp³-hybridized carbons (Fsp3) is 0.583. The van der Waals surface area contributed by atoms with Crippen LogP contribution < -0.4 is 0 Å². The molecule has 46 heavy (non-hydrogen) atoms. The van der Waals surface area contributed by atoms with Gasteiger partial charge in [-0.05, 0) is 56.8 Å². The molecule has 1 aromatic heterocycles. The lowest BCUT2D eigenvalue weighted by molar-refractivity contribution is -0.150. The van der Waals surface area contributed by atoms with Crippen LogP contribution in [0.4, 0.5) is 0 Å². The molecule has 3 heterocycles. The molecule has 0 spiro atoms. The molecule has 10 nitrogen and oxygen atoms in total. The molecular formula is C36H51NO9. The monoisotopic (exact) mass is 641 g/mol. The molecule has 0 aromatic carbocycles. The number of methoxy groups -OCH3 is 2. The maximum absolute atomic E-state index is 13.1. The molecule has 1 aromatic rings. The van der Waals surface area contributed by atoms with Crippen molar-refractivity contribution in [3.05, 3.63) is 71.5 Å². The van der Waals surface area contributed by atoms with Gasteiger partial charge in [0, 0.05) is 44.8 Å². The molecule has 1 fully saturated rings. The largest absolute Gasteiger partial charge is 0.469 e. The molecule has 1 saturated heterocycles. The van der Waals surface area contributed by atoms with Crippen LogP contribution in [0.2, 0.25) is 0 Å². The number of aliphatic hydroxyl groups is 2. The molecule has 10 heteroatoms. The highest BCUT2D eigenvalue weighted by Gasteiger charge is 2.57. The molecule has 0 bridgehead atoms. The molecule has 2 N–H and O–H groups in total. The van der Waals surface area contributed by atoms with Crippen molar-refractivity contribution < 1.29 is 43.2 Å². The van der Waals surface area contributed by atoms with Gasteiger partial charge in [0.05, 0.1) is 25.4 Å². The Morgan fingerprint density at radius 1 is 1.22 bits per heavy atom. The summed E-state index contributed by atoms with van der Waals surface area (Å²) in [6.45, 7) is 11.4. The van der Waals surface area contributed by atoms with Crippen LogP contribution in [0, 0.1) is 24.7 Å². The number of epoxide rings is 1. The number of hydrogen-bond donors (Lipinski definition) is 2. The zero-order valence-electron chi connectivity index (χ0n) is 28.3. The number of esters is 2. The quantitative estimate of drug-likeness (QED) is 0.155. The van der Waals surface area contributed by atoms with E-state index in [2.05, 4.69) is 4.98 Å². The van der Waals surface area contributed by atoms with Crippen molar-refractivity contribution in [1.29, 1.82) is 0 Å². The average molecular weight is 642 g/mol. The van der Waals surface area contributed by atoms with Gasteiger partial charge in [-0.1, -0.05) is 50.3 Å². The zero-order valence-corrected chi connectivity index (χ0v) is 28.3. The van der Waals surface area contributed by atoms with Gasteiger partial charge < -0.3 is 33.6 Å². The van der Waals surface area contributed by atoms with E-state index >= 15 is 0 Å². The first-order valence-corrected chi connectivity index (χ1v) is 15.9. The number of oxazole rings is 1. The van der Waals surface area contributed by atoms with Gasteiger partial charge in [0.1, 0.15) is 29.8 Å². The van der Waals surface area contributed by atoms with Gasteiger partial charge in [-0.3, -0.25) is 4.79 Å². The Kier molecular flexibility index (Phi) is 13.7. The normalized spacial score (nSPS) is 32.7. The van der Waals surface area contributed by atoms with Crippen LogP contribution in [0.1, 0.15) is 71.9 Å². The predicted octanol–water partition coefficient (Wildman–Crippen LogP) is 5.44. The molecule has 0 amide bonds.